The topological polar surface area (TPSA) is 75.3 Å². The maximum absolute atomic E-state index is 12.5. The van der Waals surface area contributed by atoms with Crippen molar-refractivity contribution in [2.24, 2.45) is 0 Å². The zero-order valence-corrected chi connectivity index (χ0v) is 12.3. The Morgan fingerprint density at radius 2 is 2.28 bits per heavy atom. The van der Waals surface area contributed by atoms with Crippen LogP contribution in [0.4, 0.5) is 0 Å². The molecule has 1 heterocycles. The van der Waals surface area contributed by atoms with E-state index < -0.39 is 10.0 Å². The standard InChI is InChI=1S/C10H18ClN3O3S/c1-4-14(8(2)7-17-3)18(15,16)10-9(5-11)6-12-13-10/h6,8H,4-5,7H2,1-3H3,(H,12,13). The summed E-state index contributed by atoms with van der Waals surface area (Å²) in [6.07, 6.45) is 1.43. The van der Waals surface area contributed by atoms with E-state index in [0.29, 0.717) is 18.7 Å². The Hall–Kier alpha value is -0.630. The van der Waals surface area contributed by atoms with Gasteiger partial charge in [0.15, 0.2) is 5.03 Å². The van der Waals surface area contributed by atoms with E-state index >= 15 is 0 Å². The molecule has 1 aromatic heterocycles. The molecule has 6 nitrogen and oxygen atoms in total. The quantitative estimate of drug-likeness (QED) is 0.767. The molecule has 104 valence electrons. The highest BCUT2D eigenvalue weighted by atomic mass is 35.5. The van der Waals surface area contributed by atoms with Crippen molar-refractivity contribution in [3.63, 3.8) is 0 Å². The second kappa shape index (κ2) is 6.51. The van der Waals surface area contributed by atoms with Crippen LogP contribution in [0.25, 0.3) is 0 Å². The maximum Gasteiger partial charge on any atom is 0.260 e. The molecule has 1 atom stereocenters. The molecule has 0 aliphatic carbocycles. The van der Waals surface area contributed by atoms with Crippen molar-refractivity contribution in [2.45, 2.75) is 30.8 Å². The van der Waals surface area contributed by atoms with Gasteiger partial charge < -0.3 is 4.74 Å². The monoisotopic (exact) mass is 295 g/mol. The summed E-state index contributed by atoms with van der Waals surface area (Å²) in [6, 6.07) is -0.253. The first-order chi connectivity index (χ1) is 8.48. The molecule has 0 saturated heterocycles. The third-order valence-corrected chi connectivity index (χ3v) is 4.99. The lowest BCUT2D eigenvalue weighted by molar-refractivity contribution is 0.142. The number of aromatic nitrogens is 2. The molecule has 18 heavy (non-hydrogen) atoms. The van der Waals surface area contributed by atoms with Crippen molar-refractivity contribution in [1.82, 2.24) is 14.5 Å². The second-order valence-electron chi connectivity index (χ2n) is 3.87. The number of nitrogens with one attached hydrogen (secondary N) is 1. The van der Waals surface area contributed by atoms with Gasteiger partial charge in [-0.15, -0.1) is 11.6 Å². The molecule has 0 bridgehead atoms. The molecule has 8 heteroatoms. The molecular formula is C10H18ClN3O3S. The largest absolute Gasteiger partial charge is 0.383 e. The van der Waals surface area contributed by atoms with E-state index in [0.717, 1.165) is 0 Å². The Morgan fingerprint density at radius 3 is 2.78 bits per heavy atom. The number of nitrogens with zero attached hydrogens (tertiary/aromatic N) is 2. The van der Waals surface area contributed by atoms with Crippen molar-refractivity contribution in [3.05, 3.63) is 11.8 Å². The van der Waals surface area contributed by atoms with E-state index in [4.69, 9.17) is 16.3 Å². The summed E-state index contributed by atoms with van der Waals surface area (Å²) in [5.41, 5.74) is 0.472. The van der Waals surface area contributed by atoms with Gasteiger partial charge in [-0.2, -0.15) is 9.40 Å². The Labute approximate surface area is 112 Å². The van der Waals surface area contributed by atoms with Gasteiger partial charge in [0, 0.05) is 25.3 Å². The SMILES string of the molecule is CCN(C(C)COC)S(=O)(=O)c1[nH]ncc1CCl. The van der Waals surface area contributed by atoms with Crippen LogP contribution >= 0.6 is 11.6 Å². The predicted molar refractivity (Wildman–Crippen MR) is 69.0 cm³/mol. The summed E-state index contributed by atoms with van der Waals surface area (Å²) in [4.78, 5) is 0. The van der Waals surface area contributed by atoms with E-state index in [-0.39, 0.29) is 16.9 Å². The van der Waals surface area contributed by atoms with Gasteiger partial charge >= 0.3 is 0 Å². The van der Waals surface area contributed by atoms with Crippen LogP contribution in [-0.2, 0) is 20.6 Å². The first kappa shape index (κ1) is 15.4. The number of rotatable bonds is 7. The molecule has 1 rings (SSSR count). The molecule has 1 N–H and O–H groups in total. The number of aromatic amines is 1. The van der Waals surface area contributed by atoms with Gasteiger partial charge in [-0.1, -0.05) is 6.92 Å². The summed E-state index contributed by atoms with van der Waals surface area (Å²) >= 11 is 5.70. The average Bonchev–Trinajstić information content (AvgIpc) is 2.78. The van der Waals surface area contributed by atoms with Crippen LogP contribution in [0, 0.1) is 0 Å². The fourth-order valence-electron chi connectivity index (χ4n) is 1.78. The highest BCUT2D eigenvalue weighted by molar-refractivity contribution is 7.89. The van der Waals surface area contributed by atoms with E-state index in [9.17, 15) is 8.42 Å². The lowest BCUT2D eigenvalue weighted by Crippen LogP contribution is -2.41. The van der Waals surface area contributed by atoms with Crippen molar-refractivity contribution in [1.29, 1.82) is 0 Å². The van der Waals surface area contributed by atoms with E-state index in [1.54, 1.807) is 13.8 Å². The molecule has 0 fully saturated rings. The third kappa shape index (κ3) is 3.03. The van der Waals surface area contributed by atoms with Crippen LogP contribution in [0.2, 0.25) is 0 Å². The molecule has 0 radical (unpaired) electrons. The Balaban J connectivity index is 3.11. The number of methoxy groups -OCH3 is 1. The Morgan fingerprint density at radius 1 is 1.61 bits per heavy atom. The lowest BCUT2D eigenvalue weighted by Gasteiger charge is -2.26. The van der Waals surface area contributed by atoms with Gasteiger partial charge in [0.2, 0.25) is 0 Å². The minimum absolute atomic E-state index is 0.0577. The fraction of sp³-hybridized carbons (Fsp3) is 0.700. The predicted octanol–water partition coefficient (Wildman–Crippen LogP) is 1.19. The van der Waals surface area contributed by atoms with Crippen LogP contribution in [-0.4, -0.2) is 49.2 Å². The van der Waals surface area contributed by atoms with Gasteiger partial charge in [-0.25, -0.2) is 8.42 Å². The number of sulfonamides is 1. The number of H-pyrrole nitrogens is 1. The van der Waals surface area contributed by atoms with E-state index in [1.807, 2.05) is 0 Å². The van der Waals surface area contributed by atoms with Gasteiger partial charge in [0.05, 0.1) is 18.7 Å². The molecule has 0 saturated carbocycles. The van der Waals surface area contributed by atoms with Gasteiger partial charge in [0.25, 0.3) is 10.0 Å². The fourth-order valence-corrected chi connectivity index (χ4v) is 3.79. The average molecular weight is 296 g/mol. The highest BCUT2D eigenvalue weighted by Gasteiger charge is 2.30. The minimum atomic E-state index is -3.62. The molecule has 1 aromatic rings. The molecule has 0 aliphatic rings. The smallest absolute Gasteiger partial charge is 0.260 e. The normalized spacial score (nSPS) is 14.1. The number of ether oxygens (including phenoxy) is 1. The van der Waals surface area contributed by atoms with Crippen LogP contribution in [0.15, 0.2) is 11.2 Å². The summed E-state index contributed by atoms with van der Waals surface area (Å²) < 4.78 is 31.3. The summed E-state index contributed by atoms with van der Waals surface area (Å²) in [6.45, 7) is 4.26. The molecule has 0 spiro atoms. The van der Waals surface area contributed by atoms with Crippen molar-refractivity contribution < 1.29 is 13.2 Å². The highest BCUT2D eigenvalue weighted by Crippen LogP contribution is 2.20. The van der Waals surface area contributed by atoms with E-state index in [1.165, 1.54) is 17.6 Å². The number of hydrogen-bond donors (Lipinski definition) is 1. The van der Waals surface area contributed by atoms with Crippen molar-refractivity contribution >= 4 is 21.6 Å². The number of alkyl halides is 1. The molecule has 1 unspecified atom stereocenters. The van der Waals surface area contributed by atoms with Gasteiger partial charge in [-0.3, -0.25) is 5.10 Å². The molecular weight excluding hydrogens is 278 g/mol. The molecule has 0 aliphatic heterocycles. The van der Waals surface area contributed by atoms with Gasteiger partial charge in [-0.05, 0) is 6.92 Å². The minimum Gasteiger partial charge on any atom is -0.383 e. The number of likely N-dealkylation sites (N-methyl/N-ethyl adjacent to an activating group) is 1. The van der Waals surface area contributed by atoms with E-state index in [2.05, 4.69) is 10.2 Å². The van der Waals surface area contributed by atoms with Gasteiger partial charge in [0.1, 0.15) is 0 Å². The molecule has 0 amide bonds. The van der Waals surface area contributed by atoms with Crippen LogP contribution in [0.1, 0.15) is 19.4 Å². The van der Waals surface area contributed by atoms with Crippen molar-refractivity contribution in [3.8, 4) is 0 Å². The zero-order valence-electron chi connectivity index (χ0n) is 10.7. The Bertz CT molecular complexity index is 474. The number of hydrogen-bond acceptors (Lipinski definition) is 4. The Kier molecular flexibility index (Phi) is 5.58. The maximum atomic E-state index is 12.5. The van der Waals surface area contributed by atoms with Crippen LogP contribution < -0.4 is 0 Å². The summed E-state index contributed by atoms with van der Waals surface area (Å²) in [5.74, 6) is 0.0985. The lowest BCUT2D eigenvalue weighted by atomic mass is 10.4. The first-order valence-electron chi connectivity index (χ1n) is 5.58. The van der Waals surface area contributed by atoms with Crippen LogP contribution in [0.5, 0.6) is 0 Å². The van der Waals surface area contributed by atoms with Crippen molar-refractivity contribution in [2.75, 3.05) is 20.3 Å². The van der Waals surface area contributed by atoms with Crippen LogP contribution in [0.3, 0.4) is 0 Å². The zero-order chi connectivity index (χ0) is 13.8. The number of halogens is 1. The third-order valence-electron chi connectivity index (χ3n) is 2.60. The summed E-state index contributed by atoms with van der Waals surface area (Å²) in [5, 5.41) is 6.30. The first-order valence-corrected chi connectivity index (χ1v) is 7.55. The second-order valence-corrected chi connectivity index (χ2v) is 5.97. The molecule has 0 aromatic carbocycles. The summed E-state index contributed by atoms with van der Waals surface area (Å²) in [7, 11) is -2.08.